The summed E-state index contributed by atoms with van der Waals surface area (Å²) < 4.78 is 16.9. The van der Waals surface area contributed by atoms with Gasteiger partial charge in [-0.25, -0.2) is 0 Å². The minimum Gasteiger partial charge on any atom is -0.462 e. The van der Waals surface area contributed by atoms with Gasteiger partial charge in [-0.15, -0.1) is 0 Å². The Labute approximate surface area is 455 Å². The van der Waals surface area contributed by atoms with Crippen molar-refractivity contribution in [1.82, 2.24) is 0 Å². The third-order valence-corrected chi connectivity index (χ3v) is 12.5. The van der Waals surface area contributed by atoms with Crippen LogP contribution < -0.4 is 0 Å². The van der Waals surface area contributed by atoms with Crippen molar-refractivity contribution in [2.45, 2.75) is 264 Å². The number of hydrogen-bond donors (Lipinski definition) is 0. The van der Waals surface area contributed by atoms with Crippen LogP contribution in [0.5, 0.6) is 0 Å². The fraction of sp³-hybridized carbons (Fsp3) is 0.632. The van der Waals surface area contributed by atoms with Gasteiger partial charge in [0.1, 0.15) is 13.2 Å². The number of carbonyl (C=O) groups is 3. The lowest BCUT2D eigenvalue weighted by Gasteiger charge is -2.18. The van der Waals surface area contributed by atoms with E-state index in [-0.39, 0.29) is 31.1 Å². The molecule has 0 saturated heterocycles. The van der Waals surface area contributed by atoms with Crippen molar-refractivity contribution in [2.24, 2.45) is 0 Å². The Bertz CT molecular complexity index is 1600. The molecule has 6 heteroatoms. The van der Waals surface area contributed by atoms with Crippen molar-refractivity contribution in [2.75, 3.05) is 13.2 Å². The molecule has 0 aromatic carbocycles. The fourth-order valence-corrected chi connectivity index (χ4v) is 8.03. The number of ether oxygens (including phenoxy) is 3. The van der Waals surface area contributed by atoms with E-state index in [2.05, 4.69) is 130 Å². The minimum absolute atomic E-state index is 0.0955. The summed E-state index contributed by atoms with van der Waals surface area (Å²) in [5.41, 5.74) is 0. The predicted molar refractivity (Wildman–Crippen MR) is 320 cm³/mol. The maximum absolute atomic E-state index is 12.9. The second-order valence-corrected chi connectivity index (χ2v) is 19.6. The molecule has 0 rings (SSSR count). The molecule has 0 heterocycles. The summed E-state index contributed by atoms with van der Waals surface area (Å²) in [6, 6.07) is 0. The van der Waals surface area contributed by atoms with Gasteiger partial charge in [-0.1, -0.05) is 270 Å². The van der Waals surface area contributed by atoms with Crippen LogP contribution in [0.4, 0.5) is 0 Å². The van der Waals surface area contributed by atoms with Crippen molar-refractivity contribution in [3.05, 3.63) is 134 Å². The highest BCUT2D eigenvalue weighted by molar-refractivity contribution is 5.71. The highest BCUT2D eigenvalue weighted by Crippen LogP contribution is 2.15. The molecule has 74 heavy (non-hydrogen) atoms. The largest absolute Gasteiger partial charge is 0.462 e. The molecular formula is C68H110O6. The highest BCUT2D eigenvalue weighted by Gasteiger charge is 2.19. The van der Waals surface area contributed by atoms with Crippen molar-refractivity contribution < 1.29 is 28.6 Å². The first-order chi connectivity index (χ1) is 36.5. The van der Waals surface area contributed by atoms with E-state index >= 15 is 0 Å². The van der Waals surface area contributed by atoms with Crippen molar-refractivity contribution in [3.63, 3.8) is 0 Å². The van der Waals surface area contributed by atoms with Crippen LogP contribution in [0.1, 0.15) is 258 Å². The van der Waals surface area contributed by atoms with E-state index in [0.717, 1.165) is 128 Å². The summed E-state index contributed by atoms with van der Waals surface area (Å²) >= 11 is 0. The van der Waals surface area contributed by atoms with Crippen LogP contribution in [0, 0.1) is 0 Å². The zero-order chi connectivity index (χ0) is 53.6. The summed E-state index contributed by atoms with van der Waals surface area (Å²) in [5, 5.41) is 0. The summed E-state index contributed by atoms with van der Waals surface area (Å²) in [4.78, 5) is 38.3. The number of unbranched alkanes of at least 4 members (excludes halogenated alkanes) is 24. The molecule has 1 unspecified atom stereocenters. The molecule has 0 radical (unpaired) electrons. The number of allylic oxidation sites excluding steroid dienone is 22. The number of rotatable bonds is 53. The first-order valence-electron chi connectivity index (χ1n) is 30.3. The van der Waals surface area contributed by atoms with Gasteiger partial charge in [0.15, 0.2) is 6.10 Å². The maximum atomic E-state index is 12.9. The Hall–Kier alpha value is -4.45. The van der Waals surface area contributed by atoms with Gasteiger partial charge in [-0.3, -0.25) is 14.4 Å². The zero-order valence-corrected chi connectivity index (χ0v) is 47.8. The Morgan fingerprint density at radius 2 is 0.581 bits per heavy atom. The summed E-state index contributed by atoms with van der Waals surface area (Å²) in [6.45, 7) is 6.31. The molecule has 0 fully saturated rings. The predicted octanol–water partition coefficient (Wildman–Crippen LogP) is 20.6. The molecular weight excluding hydrogens is 913 g/mol. The van der Waals surface area contributed by atoms with Gasteiger partial charge in [0, 0.05) is 19.3 Å². The molecule has 1 atom stereocenters. The Morgan fingerprint density at radius 1 is 0.297 bits per heavy atom. The van der Waals surface area contributed by atoms with Gasteiger partial charge < -0.3 is 14.2 Å². The smallest absolute Gasteiger partial charge is 0.306 e. The molecule has 0 aliphatic rings. The summed E-state index contributed by atoms with van der Waals surface area (Å²) in [5.74, 6) is -0.931. The van der Waals surface area contributed by atoms with Gasteiger partial charge in [-0.2, -0.15) is 0 Å². The Kier molecular flexibility index (Phi) is 57.4. The lowest BCUT2D eigenvalue weighted by atomic mass is 10.1. The summed E-state index contributed by atoms with van der Waals surface area (Å²) in [6.07, 6.45) is 85.8. The average molecular weight is 1020 g/mol. The molecule has 0 spiro atoms. The molecule has 0 amide bonds. The second-order valence-electron chi connectivity index (χ2n) is 19.6. The third kappa shape index (κ3) is 58.4. The molecule has 0 aromatic rings. The van der Waals surface area contributed by atoms with Crippen molar-refractivity contribution in [1.29, 1.82) is 0 Å². The van der Waals surface area contributed by atoms with Gasteiger partial charge in [0.25, 0.3) is 0 Å². The first kappa shape index (κ1) is 69.5. The summed E-state index contributed by atoms with van der Waals surface area (Å²) in [7, 11) is 0. The van der Waals surface area contributed by atoms with Crippen LogP contribution in [0.3, 0.4) is 0 Å². The molecule has 0 bridgehead atoms. The lowest BCUT2D eigenvalue weighted by Crippen LogP contribution is -2.30. The monoisotopic (exact) mass is 1020 g/mol. The first-order valence-corrected chi connectivity index (χ1v) is 30.3. The number of carbonyl (C=O) groups excluding carboxylic acids is 3. The van der Waals surface area contributed by atoms with Crippen LogP contribution in [0.2, 0.25) is 0 Å². The van der Waals surface area contributed by atoms with Crippen LogP contribution in [0.15, 0.2) is 134 Å². The third-order valence-electron chi connectivity index (χ3n) is 12.5. The van der Waals surface area contributed by atoms with Gasteiger partial charge in [-0.05, 0) is 103 Å². The fourth-order valence-electron chi connectivity index (χ4n) is 8.03. The van der Waals surface area contributed by atoms with Crippen molar-refractivity contribution in [3.8, 4) is 0 Å². The molecule has 0 aliphatic carbocycles. The van der Waals surface area contributed by atoms with E-state index in [1.54, 1.807) is 0 Å². The van der Waals surface area contributed by atoms with Gasteiger partial charge in [0.2, 0.25) is 0 Å². The minimum atomic E-state index is -0.801. The molecule has 6 nitrogen and oxygen atoms in total. The highest BCUT2D eigenvalue weighted by atomic mass is 16.6. The van der Waals surface area contributed by atoms with E-state index in [0.29, 0.717) is 19.3 Å². The topological polar surface area (TPSA) is 78.9 Å². The number of esters is 3. The van der Waals surface area contributed by atoms with Gasteiger partial charge in [0.05, 0.1) is 0 Å². The SMILES string of the molecule is CC/C=C\C/C=C\C/C=C\CCCCCCCCCCCC(=O)OCC(COC(=O)CCCCCCC\C=C/C=C\C=C/C=C\C=C/CCC)OC(=O)CCCCCCCCCCC/C=C\C/C=C\C/C=C\CC. The Balaban J connectivity index is 4.47. The second kappa shape index (κ2) is 61.1. The lowest BCUT2D eigenvalue weighted by molar-refractivity contribution is -0.167. The van der Waals surface area contributed by atoms with Crippen LogP contribution in [-0.4, -0.2) is 37.2 Å². The van der Waals surface area contributed by atoms with Crippen molar-refractivity contribution >= 4 is 17.9 Å². The maximum Gasteiger partial charge on any atom is 0.306 e. The van der Waals surface area contributed by atoms with E-state index < -0.39 is 6.10 Å². The molecule has 418 valence electrons. The zero-order valence-electron chi connectivity index (χ0n) is 47.8. The molecule has 0 aromatic heterocycles. The van der Waals surface area contributed by atoms with E-state index in [9.17, 15) is 14.4 Å². The van der Waals surface area contributed by atoms with Crippen LogP contribution in [-0.2, 0) is 28.6 Å². The molecule has 0 aliphatic heterocycles. The molecule has 0 saturated carbocycles. The Morgan fingerprint density at radius 3 is 0.946 bits per heavy atom. The van der Waals surface area contributed by atoms with E-state index in [1.165, 1.54) is 89.9 Å². The normalized spacial score (nSPS) is 13.1. The quantitative estimate of drug-likeness (QED) is 0.0199. The van der Waals surface area contributed by atoms with Crippen LogP contribution in [0.25, 0.3) is 0 Å². The standard InChI is InChI=1S/C68H110O6/c1-4-7-10-13-16-19-22-25-28-31-34-37-40-43-46-49-52-55-58-61-67(70)73-64-65(63-72-66(69)60-57-54-51-48-45-42-39-36-33-30-27-24-21-18-15-12-9-6-3)74-68(71)62-59-56-53-50-47-44-41-38-35-32-29-26-23-20-17-14-11-8-5-2/h7-8,10-12,15-21,24-30,33,36,39,65H,4-6,9,13-14,22-23,31-32,34-35,37-38,40-64H2,1-3H3/b10-7-,11-8-,15-12-,19-16-,20-17-,21-18-,27-24-,28-25-,29-26-,33-30-,39-36-. The average Bonchev–Trinajstić information content (AvgIpc) is 3.40. The van der Waals surface area contributed by atoms with Gasteiger partial charge >= 0.3 is 17.9 Å². The number of hydrogen-bond acceptors (Lipinski definition) is 6. The van der Waals surface area contributed by atoms with Crippen LogP contribution >= 0.6 is 0 Å². The molecule has 0 N–H and O–H groups in total. The van der Waals surface area contributed by atoms with E-state index in [4.69, 9.17) is 14.2 Å². The van der Waals surface area contributed by atoms with E-state index in [1.807, 2.05) is 24.3 Å².